The van der Waals surface area contributed by atoms with Gasteiger partial charge in [0.2, 0.25) is 5.91 Å². The molecule has 0 aliphatic carbocycles. The molecule has 2 saturated heterocycles. The second-order valence-electron chi connectivity index (χ2n) is 7.39. The molecule has 1 amide bonds. The maximum Gasteiger partial charge on any atom is 0.232 e. The Bertz CT molecular complexity index is 802. The predicted molar refractivity (Wildman–Crippen MR) is 95.4 cm³/mol. The van der Waals surface area contributed by atoms with Crippen LogP contribution in [0, 0.1) is 19.3 Å². The first-order chi connectivity index (χ1) is 12.5. The van der Waals surface area contributed by atoms with E-state index in [0.29, 0.717) is 18.2 Å². The van der Waals surface area contributed by atoms with E-state index in [9.17, 15) is 4.79 Å². The standard InChI is InChI=1S/C18H22ClN5O2/c1-12-15(13(2)26-22-12)9-24-11-18(17(24)25)4-3-5-23(10-18)8-14-6-21-16(19)7-20-14/h6-7H,3-5,8-11H2,1-2H3/t18-/m1/s1. The molecule has 2 aliphatic heterocycles. The molecular formula is C18H22ClN5O2. The van der Waals surface area contributed by atoms with Crippen molar-refractivity contribution in [3.05, 3.63) is 40.3 Å². The summed E-state index contributed by atoms with van der Waals surface area (Å²) in [5, 5.41) is 4.37. The van der Waals surface area contributed by atoms with Gasteiger partial charge in [-0.1, -0.05) is 16.8 Å². The molecule has 8 heteroatoms. The smallest absolute Gasteiger partial charge is 0.232 e. The van der Waals surface area contributed by atoms with Gasteiger partial charge in [-0.05, 0) is 33.2 Å². The molecule has 0 saturated carbocycles. The molecular weight excluding hydrogens is 354 g/mol. The number of amides is 1. The van der Waals surface area contributed by atoms with Crippen LogP contribution >= 0.6 is 11.6 Å². The third-order valence-electron chi connectivity index (χ3n) is 5.48. The third-order valence-corrected chi connectivity index (χ3v) is 5.68. The Labute approximate surface area is 157 Å². The molecule has 0 unspecified atom stereocenters. The Hall–Kier alpha value is -1.99. The van der Waals surface area contributed by atoms with Gasteiger partial charge < -0.3 is 9.42 Å². The molecule has 0 N–H and O–H groups in total. The first kappa shape index (κ1) is 17.4. The number of β-lactam (4-membered cyclic amide) rings is 1. The van der Waals surface area contributed by atoms with Gasteiger partial charge in [0.05, 0.1) is 35.7 Å². The molecule has 26 heavy (non-hydrogen) atoms. The van der Waals surface area contributed by atoms with Crippen molar-refractivity contribution in [2.45, 2.75) is 39.8 Å². The van der Waals surface area contributed by atoms with Crippen LogP contribution in [-0.2, 0) is 17.9 Å². The summed E-state index contributed by atoms with van der Waals surface area (Å²) in [4.78, 5) is 25.6. The van der Waals surface area contributed by atoms with E-state index in [1.807, 2.05) is 18.7 Å². The van der Waals surface area contributed by atoms with E-state index in [2.05, 4.69) is 20.0 Å². The molecule has 1 atom stereocenters. The van der Waals surface area contributed by atoms with E-state index in [1.54, 1.807) is 12.4 Å². The van der Waals surface area contributed by atoms with Gasteiger partial charge in [-0.3, -0.25) is 14.7 Å². The molecule has 7 nitrogen and oxygen atoms in total. The van der Waals surface area contributed by atoms with Gasteiger partial charge >= 0.3 is 0 Å². The third kappa shape index (κ3) is 3.10. The first-order valence-corrected chi connectivity index (χ1v) is 9.24. The average Bonchev–Trinajstić information content (AvgIpc) is 2.95. The van der Waals surface area contributed by atoms with Crippen molar-refractivity contribution >= 4 is 17.5 Å². The van der Waals surface area contributed by atoms with Gasteiger partial charge in [0, 0.05) is 25.2 Å². The van der Waals surface area contributed by atoms with Crippen LogP contribution in [0.3, 0.4) is 0 Å². The molecule has 2 aromatic rings. The number of carbonyl (C=O) groups excluding carboxylic acids is 1. The molecule has 2 fully saturated rings. The molecule has 2 aliphatic rings. The number of hydrogen-bond donors (Lipinski definition) is 0. The molecule has 0 radical (unpaired) electrons. The molecule has 0 bridgehead atoms. The largest absolute Gasteiger partial charge is 0.361 e. The van der Waals surface area contributed by atoms with Gasteiger partial charge in [-0.2, -0.15) is 0 Å². The van der Waals surface area contributed by atoms with E-state index in [1.165, 1.54) is 0 Å². The quantitative estimate of drug-likeness (QED) is 0.763. The van der Waals surface area contributed by atoms with Crippen molar-refractivity contribution in [1.29, 1.82) is 0 Å². The van der Waals surface area contributed by atoms with Gasteiger partial charge in [-0.15, -0.1) is 0 Å². The molecule has 138 valence electrons. The van der Waals surface area contributed by atoms with Crippen LogP contribution in [0.5, 0.6) is 0 Å². The van der Waals surface area contributed by atoms with Crippen molar-refractivity contribution in [3.63, 3.8) is 0 Å². The van der Waals surface area contributed by atoms with Crippen LogP contribution < -0.4 is 0 Å². The lowest BCUT2D eigenvalue weighted by Gasteiger charge is -2.53. The number of nitrogens with zero attached hydrogens (tertiary/aromatic N) is 5. The number of aromatic nitrogens is 3. The number of carbonyl (C=O) groups is 1. The zero-order valence-electron chi connectivity index (χ0n) is 15.0. The summed E-state index contributed by atoms with van der Waals surface area (Å²) in [6, 6.07) is 0. The van der Waals surface area contributed by atoms with Crippen LogP contribution in [-0.4, -0.2) is 50.5 Å². The number of rotatable bonds is 4. The van der Waals surface area contributed by atoms with Crippen LogP contribution in [0.1, 0.15) is 35.6 Å². The number of hydrogen-bond acceptors (Lipinski definition) is 6. The molecule has 4 rings (SSSR count). The fourth-order valence-electron chi connectivity index (χ4n) is 4.11. The summed E-state index contributed by atoms with van der Waals surface area (Å²) in [6.45, 7) is 7.63. The van der Waals surface area contributed by atoms with Crippen LogP contribution in [0.2, 0.25) is 5.15 Å². The Balaban J connectivity index is 1.40. The lowest BCUT2D eigenvalue weighted by molar-refractivity contribution is -0.167. The zero-order valence-corrected chi connectivity index (χ0v) is 15.8. The minimum atomic E-state index is -0.253. The van der Waals surface area contributed by atoms with Crippen molar-refractivity contribution in [3.8, 4) is 0 Å². The lowest BCUT2D eigenvalue weighted by Crippen LogP contribution is -2.66. The Morgan fingerprint density at radius 1 is 1.23 bits per heavy atom. The predicted octanol–water partition coefficient (Wildman–Crippen LogP) is 2.36. The highest BCUT2D eigenvalue weighted by molar-refractivity contribution is 6.29. The highest BCUT2D eigenvalue weighted by atomic mass is 35.5. The van der Waals surface area contributed by atoms with Gasteiger partial charge in [0.1, 0.15) is 10.9 Å². The van der Waals surface area contributed by atoms with E-state index < -0.39 is 0 Å². The monoisotopic (exact) mass is 375 g/mol. The zero-order chi connectivity index (χ0) is 18.3. The summed E-state index contributed by atoms with van der Waals surface area (Å²) in [7, 11) is 0. The van der Waals surface area contributed by atoms with Crippen molar-refractivity contribution in [2.24, 2.45) is 5.41 Å². The SMILES string of the molecule is Cc1noc(C)c1CN1C[C@]2(CCCN(Cc3cnc(Cl)cn3)C2)C1=O. The topological polar surface area (TPSA) is 75.4 Å². The normalized spacial score (nSPS) is 23.5. The van der Waals surface area contributed by atoms with E-state index in [4.69, 9.17) is 16.1 Å². The number of aryl methyl sites for hydroxylation is 2. The minimum absolute atomic E-state index is 0.240. The number of halogens is 1. The van der Waals surface area contributed by atoms with Crippen molar-refractivity contribution in [2.75, 3.05) is 19.6 Å². The second-order valence-corrected chi connectivity index (χ2v) is 7.78. The molecule has 2 aromatic heterocycles. The Morgan fingerprint density at radius 2 is 2.08 bits per heavy atom. The highest BCUT2D eigenvalue weighted by Gasteiger charge is 2.53. The Morgan fingerprint density at radius 3 is 2.73 bits per heavy atom. The van der Waals surface area contributed by atoms with Crippen LogP contribution in [0.25, 0.3) is 0 Å². The summed E-state index contributed by atoms with van der Waals surface area (Å²) in [5.74, 6) is 1.03. The van der Waals surface area contributed by atoms with E-state index in [-0.39, 0.29) is 11.3 Å². The average molecular weight is 376 g/mol. The fraction of sp³-hybridized carbons (Fsp3) is 0.556. The molecule has 0 aromatic carbocycles. The first-order valence-electron chi connectivity index (χ1n) is 8.87. The number of likely N-dealkylation sites (tertiary alicyclic amines) is 2. The number of piperidine rings is 1. The van der Waals surface area contributed by atoms with Crippen molar-refractivity contribution < 1.29 is 9.32 Å². The van der Waals surface area contributed by atoms with Crippen LogP contribution in [0.4, 0.5) is 0 Å². The van der Waals surface area contributed by atoms with Crippen LogP contribution in [0.15, 0.2) is 16.9 Å². The summed E-state index contributed by atoms with van der Waals surface area (Å²) >= 11 is 5.80. The summed E-state index contributed by atoms with van der Waals surface area (Å²) in [5.41, 5.74) is 2.52. The van der Waals surface area contributed by atoms with Gasteiger partial charge in [0.15, 0.2) is 0 Å². The maximum absolute atomic E-state index is 12.9. The fourth-order valence-corrected chi connectivity index (χ4v) is 4.21. The Kier molecular flexibility index (Phi) is 4.44. The van der Waals surface area contributed by atoms with Crippen molar-refractivity contribution in [1.82, 2.24) is 24.9 Å². The minimum Gasteiger partial charge on any atom is -0.361 e. The second kappa shape index (κ2) is 6.63. The highest BCUT2D eigenvalue weighted by Crippen LogP contribution is 2.41. The molecule has 1 spiro atoms. The van der Waals surface area contributed by atoms with E-state index in [0.717, 1.165) is 55.2 Å². The molecule has 4 heterocycles. The van der Waals surface area contributed by atoms with E-state index >= 15 is 0 Å². The maximum atomic E-state index is 12.9. The summed E-state index contributed by atoms with van der Waals surface area (Å²) < 4.78 is 5.21. The van der Waals surface area contributed by atoms with Gasteiger partial charge in [-0.25, -0.2) is 4.98 Å². The lowest BCUT2D eigenvalue weighted by atomic mass is 9.72. The summed E-state index contributed by atoms with van der Waals surface area (Å²) in [6.07, 6.45) is 5.24. The van der Waals surface area contributed by atoms with Gasteiger partial charge in [0.25, 0.3) is 0 Å².